The van der Waals surface area contributed by atoms with Gasteiger partial charge >= 0.3 is 5.97 Å². The first-order valence-electron chi connectivity index (χ1n) is 8.65. The maximum atomic E-state index is 12.0. The van der Waals surface area contributed by atoms with E-state index in [4.69, 9.17) is 32.9 Å². The number of hydrogen-bond acceptors (Lipinski definition) is 3. The average Bonchev–Trinajstić information content (AvgIpc) is 3.05. The molecule has 4 rings (SSSR count). The number of ether oxygens (including phenoxy) is 1. The van der Waals surface area contributed by atoms with E-state index in [1.54, 1.807) is 12.3 Å². The third-order valence-corrected chi connectivity index (χ3v) is 5.00. The van der Waals surface area contributed by atoms with Crippen LogP contribution in [-0.2, 0) is 11.2 Å². The quantitative estimate of drug-likeness (QED) is 0.406. The molecule has 4 nitrogen and oxygen atoms in total. The predicted octanol–water partition coefficient (Wildman–Crippen LogP) is 5.69. The molecule has 0 saturated heterocycles. The fraction of sp³-hybridized carbons (Fsp3) is 0.0909. The van der Waals surface area contributed by atoms with Crippen LogP contribution in [0.2, 0.25) is 10.0 Å². The Hall–Kier alpha value is -2.82. The summed E-state index contributed by atoms with van der Waals surface area (Å²) in [7, 11) is 1.37. The Morgan fingerprint density at radius 3 is 2.54 bits per heavy atom. The van der Waals surface area contributed by atoms with E-state index >= 15 is 0 Å². The molecule has 6 heteroatoms. The van der Waals surface area contributed by atoms with Gasteiger partial charge in [-0.2, -0.15) is 0 Å². The number of rotatable bonds is 4. The second kappa shape index (κ2) is 7.66. The summed E-state index contributed by atoms with van der Waals surface area (Å²) in [5.41, 5.74) is 4.98. The number of imidazole rings is 1. The highest BCUT2D eigenvalue weighted by molar-refractivity contribution is 6.30. The molecule has 2 heterocycles. The minimum atomic E-state index is -0.391. The lowest BCUT2D eigenvalue weighted by atomic mass is 10.0. The van der Waals surface area contributed by atoms with Crippen molar-refractivity contribution >= 4 is 34.8 Å². The SMILES string of the molecule is COC(=O)c1ccc2nc(-c3ccc(Cl)cc3)c(Cc3cccc(Cl)c3)n2c1. The predicted molar refractivity (Wildman–Crippen MR) is 111 cm³/mol. The molecule has 0 fully saturated rings. The van der Waals surface area contributed by atoms with Crippen molar-refractivity contribution in [3.8, 4) is 11.3 Å². The topological polar surface area (TPSA) is 43.6 Å². The smallest absolute Gasteiger partial charge is 0.339 e. The first kappa shape index (κ1) is 18.5. The van der Waals surface area contributed by atoms with Gasteiger partial charge in [-0.1, -0.05) is 47.5 Å². The van der Waals surface area contributed by atoms with Gasteiger partial charge in [0.05, 0.1) is 24.1 Å². The fourth-order valence-electron chi connectivity index (χ4n) is 3.18. The minimum absolute atomic E-state index is 0.391. The Morgan fingerprint density at radius 2 is 1.82 bits per heavy atom. The van der Waals surface area contributed by atoms with Gasteiger partial charge in [0, 0.05) is 28.2 Å². The van der Waals surface area contributed by atoms with Crippen molar-refractivity contribution in [2.45, 2.75) is 6.42 Å². The molecule has 0 aliphatic heterocycles. The highest BCUT2D eigenvalue weighted by Crippen LogP contribution is 2.28. The normalized spacial score (nSPS) is 11.0. The van der Waals surface area contributed by atoms with Crippen LogP contribution in [0.5, 0.6) is 0 Å². The zero-order chi connectivity index (χ0) is 19.7. The van der Waals surface area contributed by atoms with E-state index in [1.807, 2.05) is 59.0 Å². The molecule has 2 aromatic carbocycles. The van der Waals surface area contributed by atoms with Gasteiger partial charge in [0.15, 0.2) is 0 Å². The first-order chi connectivity index (χ1) is 13.5. The lowest BCUT2D eigenvalue weighted by Crippen LogP contribution is -2.04. The van der Waals surface area contributed by atoms with Crippen LogP contribution in [0, 0.1) is 0 Å². The van der Waals surface area contributed by atoms with E-state index in [-0.39, 0.29) is 0 Å². The molecule has 28 heavy (non-hydrogen) atoms. The molecule has 0 aliphatic rings. The lowest BCUT2D eigenvalue weighted by molar-refractivity contribution is 0.0600. The summed E-state index contributed by atoms with van der Waals surface area (Å²) in [6, 6.07) is 18.8. The largest absolute Gasteiger partial charge is 0.465 e. The fourth-order valence-corrected chi connectivity index (χ4v) is 3.52. The number of esters is 1. The molecule has 0 atom stereocenters. The number of benzene rings is 2. The molecule has 140 valence electrons. The Morgan fingerprint density at radius 1 is 1.04 bits per heavy atom. The van der Waals surface area contributed by atoms with Crippen LogP contribution in [0.25, 0.3) is 16.9 Å². The summed E-state index contributed by atoms with van der Waals surface area (Å²) < 4.78 is 6.79. The highest BCUT2D eigenvalue weighted by Gasteiger charge is 2.17. The number of pyridine rings is 1. The molecule has 0 aliphatic carbocycles. The van der Waals surface area contributed by atoms with Crippen LogP contribution in [0.15, 0.2) is 66.9 Å². The summed E-state index contributed by atoms with van der Waals surface area (Å²) >= 11 is 12.2. The summed E-state index contributed by atoms with van der Waals surface area (Å²) in [6.45, 7) is 0. The summed E-state index contributed by atoms with van der Waals surface area (Å²) in [5, 5.41) is 1.34. The van der Waals surface area contributed by atoms with Gasteiger partial charge in [0.2, 0.25) is 0 Å². The molecule has 0 bridgehead atoms. The van der Waals surface area contributed by atoms with E-state index in [9.17, 15) is 4.79 Å². The van der Waals surface area contributed by atoms with Gasteiger partial charge in [-0.15, -0.1) is 0 Å². The van der Waals surface area contributed by atoms with Crippen LogP contribution >= 0.6 is 23.2 Å². The maximum Gasteiger partial charge on any atom is 0.339 e. The van der Waals surface area contributed by atoms with Gasteiger partial charge < -0.3 is 9.14 Å². The van der Waals surface area contributed by atoms with Gasteiger partial charge in [0.1, 0.15) is 5.65 Å². The first-order valence-corrected chi connectivity index (χ1v) is 9.40. The molecular formula is C22H16Cl2N2O2. The third-order valence-electron chi connectivity index (χ3n) is 4.52. The van der Waals surface area contributed by atoms with E-state index in [0.717, 1.165) is 28.2 Å². The number of hydrogen-bond donors (Lipinski definition) is 0. The number of aromatic nitrogens is 2. The van der Waals surface area contributed by atoms with Gasteiger partial charge in [0.25, 0.3) is 0 Å². The maximum absolute atomic E-state index is 12.0. The number of halogens is 2. The second-order valence-corrected chi connectivity index (χ2v) is 7.23. The van der Waals surface area contributed by atoms with Gasteiger partial charge in [-0.25, -0.2) is 9.78 Å². The Labute approximate surface area is 172 Å². The van der Waals surface area contributed by atoms with Crippen molar-refractivity contribution in [3.05, 3.63) is 93.7 Å². The number of nitrogens with zero attached hydrogens (tertiary/aromatic N) is 2. The molecule has 4 aromatic rings. The lowest BCUT2D eigenvalue weighted by Gasteiger charge is -2.08. The average molecular weight is 411 g/mol. The Kier molecular flexibility index (Phi) is 5.07. The van der Waals surface area contributed by atoms with Crippen molar-refractivity contribution in [1.29, 1.82) is 0 Å². The summed E-state index contributed by atoms with van der Waals surface area (Å²) in [5.74, 6) is -0.391. The number of methoxy groups -OCH3 is 1. The van der Waals surface area contributed by atoms with E-state index in [0.29, 0.717) is 22.0 Å². The van der Waals surface area contributed by atoms with E-state index < -0.39 is 5.97 Å². The number of fused-ring (bicyclic) bond motifs is 1. The molecule has 0 saturated carbocycles. The third kappa shape index (κ3) is 3.61. The van der Waals surface area contributed by atoms with Gasteiger partial charge in [-0.3, -0.25) is 0 Å². The van der Waals surface area contributed by atoms with Crippen LogP contribution in [-0.4, -0.2) is 22.5 Å². The summed E-state index contributed by atoms with van der Waals surface area (Å²) in [4.78, 5) is 16.8. The highest BCUT2D eigenvalue weighted by atomic mass is 35.5. The second-order valence-electron chi connectivity index (χ2n) is 6.36. The standard InChI is InChI=1S/C22H16Cl2N2O2/c1-28-22(27)16-7-10-20-25-21(15-5-8-17(23)9-6-15)19(26(20)13-16)12-14-3-2-4-18(24)11-14/h2-11,13H,12H2,1H3. The molecule has 0 unspecified atom stereocenters. The van der Waals surface area contributed by atoms with Crippen LogP contribution in [0.4, 0.5) is 0 Å². The molecular weight excluding hydrogens is 395 g/mol. The van der Waals surface area contributed by atoms with E-state index in [1.165, 1.54) is 7.11 Å². The van der Waals surface area contributed by atoms with Gasteiger partial charge in [-0.05, 0) is 42.0 Å². The zero-order valence-corrected chi connectivity index (χ0v) is 16.5. The van der Waals surface area contributed by atoms with Crippen molar-refractivity contribution in [3.63, 3.8) is 0 Å². The number of carbonyl (C=O) groups excluding carboxylic acids is 1. The van der Waals surface area contributed by atoms with Crippen molar-refractivity contribution in [2.75, 3.05) is 7.11 Å². The zero-order valence-electron chi connectivity index (χ0n) is 15.0. The Bertz CT molecular complexity index is 1170. The number of carbonyl (C=O) groups is 1. The molecule has 0 radical (unpaired) electrons. The Balaban J connectivity index is 1.91. The monoisotopic (exact) mass is 410 g/mol. The van der Waals surface area contributed by atoms with Crippen LogP contribution in [0.1, 0.15) is 21.6 Å². The van der Waals surface area contributed by atoms with Crippen LogP contribution in [0.3, 0.4) is 0 Å². The summed E-state index contributed by atoms with van der Waals surface area (Å²) in [6.07, 6.45) is 2.36. The molecule has 0 amide bonds. The molecule has 2 aromatic heterocycles. The van der Waals surface area contributed by atoms with Crippen molar-refractivity contribution in [2.24, 2.45) is 0 Å². The van der Waals surface area contributed by atoms with Crippen molar-refractivity contribution < 1.29 is 9.53 Å². The molecule has 0 N–H and O–H groups in total. The molecule has 0 spiro atoms. The van der Waals surface area contributed by atoms with Crippen LogP contribution < -0.4 is 0 Å². The van der Waals surface area contributed by atoms with E-state index in [2.05, 4.69) is 0 Å². The minimum Gasteiger partial charge on any atom is -0.465 e. The van der Waals surface area contributed by atoms with Crippen molar-refractivity contribution in [1.82, 2.24) is 9.38 Å².